The van der Waals surface area contributed by atoms with Crippen molar-refractivity contribution >= 4 is 27.5 Å². The van der Waals surface area contributed by atoms with Gasteiger partial charge in [-0.1, -0.05) is 30.2 Å². The summed E-state index contributed by atoms with van der Waals surface area (Å²) in [5.41, 5.74) is 1.12. The molecule has 1 heterocycles. The molecule has 0 N–H and O–H groups in total. The Labute approximate surface area is 183 Å². The molecule has 0 atom stereocenters. The molecule has 1 aliphatic heterocycles. The largest absolute Gasteiger partial charge is 0.494 e. The van der Waals surface area contributed by atoms with Crippen LogP contribution in [0.3, 0.4) is 0 Å². The summed E-state index contributed by atoms with van der Waals surface area (Å²) in [6.45, 7) is 3.89. The van der Waals surface area contributed by atoms with Crippen LogP contribution >= 0.6 is 11.6 Å². The lowest BCUT2D eigenvalue weighted by Crippen LogP contribution is -2.35. The van der Waals surface area contributed by atoms with Crippen molar-refractivity contribution in [2.45, 2.75) is 37.6 Å². The third-order valence-corrected chi connectivity index (χ3v) is 7.35. The molecule has 0 aromatic heterocycles. The summed E-state index contributed by atoms with van der Waals surface area (Å²) in [6, 6.07) is 11.8. The van der Waals surface area contributed by atoms with E-state index in [0.29, 0.717) is 26.2 Å². The SMILES string of the molecule is CCOc1ccc(CN(C)C(=O)c2cc(S(=O)(=O)N3CCCCC3)ccc2Cl)cc1. The lowest BCUT2D eigenvalue weighted by atomic mass is 10.1. The van der Waals surface area contributed by atoms with Gasteiger partial charge < -0.3 is 9.64 Å². The van der Waals surface area contributed by atoms with E-state index in [9.17, 15) is 13.2 Å². The number of carbonyl (C=O) groups is 1. The molecule has 6 nitrogen and oxygen atoms in total. The van der Waals surface area contributed by atoms with Gasteiger partial charge in [0.1, 0.15) is 5.75 Å². The molecule has 0 unspecified atom stereocenters. The molecule has 162 valence electrons. The molecule has 1 aliphatic rings. The van der Waals surface area contributed by atoms with Crippen LogP contribution in [0.1, 0.15) is 42.1 Å². The van der Waals surface area contributed by atoms with E-state index >= 15 is 0 Å². The van der Waals surface area contributed by atoms with E-state index in [4.69, 9.17) is 16.3 Å². The van der Waals surface area contributed by atoms with Crippen LogP contribution < -0.4 is 4.74 Å². The smallest absolute Gasteiger partial charge is 0.255 e. The first-order chi connectivity index (χ1) is 14.3. The van der Waals surface area contributed by atoms with Gasteiger partial charge in [-0.2, -0.15) is 4.31 Å². The quantitative estimate of drug-likeness (QED) is 0.634. The fourth-order valence-electron chi connectivity index (χ4n) is 3.49. The number of benzene rings is 2. The van der Waals surface area contributed by atoms with Crippen molar-refractivity contribution in [1.29, 1.82) is 0 Å². The van der Waals surface area contributed by atoms with E-state index in [1.54, 1.807) is 7.05 Å². The van der Waals surface area contributed by atoms with Crippen molar-refractivity contribution in [3.05, 3.63) is 58.6 Å². The number of halogens is 1. The van der Waals surface area contributed by atoms with Crippen molar-refractivity contribution in [1.82, 2.24) is 9.21 Å². The predicted molar refractivity (Wildman–Crippen MR) is 117 cm³/mol. The van der Waals surface area contributed by atoms with Crippen molar-refractivity contribution < 1.29 is 17.9 Å². The number of carbonyl (C=O) groups excluding carboxylic acids is 1. The Morgan fingerprint density at radius 3 is 2.40 bits per heavy atom. The highest BCUT2D eigenvalue weighted by molar-refractivity contribution is 7.89. The van der Waals surface area contributed by atoms with Crippen molar-refractivity contribution in [2.24, 2.45) is 0 Å². The van der Waals surface area contributed by atoms with Gasteiger partial charge in [-0.25, -0.2) is 8.42 Å². The van der Waals surface area contributed by atoms with E-state index in [1.807, 2.05) is 31.2 Å². The van der Waals surface area contributed by atoms with Crippen molar-refractivity contribution in [3.63, 3.8) is 0 Å². The molecule has 0 saturated carbocycles. The summed E-state index contributed by atoms with van der Waals surface area (Å²) in [6.07, 6.45) is 2.74. The molecule has 0 bridgehead atoms. The minimum atomic E-state index is -3.64. The highest BCUT2D eigenvalue weighted by atomic mass is 35.5. The molecule has 2 aromatic carbocycles. The second-order valence-corrected chi connectivity index (χ2v) is 9.69. The number of nitrogens with zero attached hydrogens (tertiary/aromatic N) is 2. The van der Waals surface area contributed by atoms with Gasteiger partial charge in [0.25, 0.3) is 5.91 Å². The van der Waals surface area contributed by atoms with Gasteiger partial charge in [0.05, 0.1) is 22.1 Å². The zero-order valence-corrected chi connectivity index (χ0v) is 18.9. The number of amides is 1. The third-order valence-electron chi connectivity index (χ3n) is 5.12. The summed E-state index contributed by atoms with van der Waals surface area (Å²) in [5, 5.41) is 0.233. The lowest BCUT2D eigenvalue weighted by molar-refractivity contribution is 0.0785. The number of ether oxygens (including phenoxy) is 1. The molecular weight excluding hydrogens is 424 g/mol. The topological polar surface area (TPSA) is 66.9 Å². The van der Waals surface area contributed by atoms with Crippen LogP contribution in [0.25, 0.3) is 0 Å². The molecule has 0 aliphatic carbocycles. The summed E-state index contributed by atoms with van der Waals surface area (Å²) >= 11 is 6.26. The van der Waals surface area contributed by atoms with E-state index in [2.05, 4.69) is 0 Å². The summed E-state index contributed by atoms with van der Waals surface area (Å²) in [5.74, 6) is 0.443. The first-order valence-electron chi connectivity index (χ1n) is 10.1. The van der Waals surface area contributed by atoms with Gasteiger partial charge in [-0.05, 0) is 55.7 Å². The molecule has 1 fully saturated rings. The first-order valence-corrected chi connectivity index (χ1v) is 11.9. The second kappa shape index (κ2) is 9.81. The molecule has 2 aromatic rings. The van der Waals surface area contributed by atoms with E-state index < -0.39 is 10.0 Å². The highest BCUT2D eigenvalue weighted by Gasteiger charge is 2.27. The van der Waals surface area contributed by atoms with Crippen LogP contribution in [0.2, 0.25) is 5.02 Å². The lowest BCUT2D eigenvalue weighted by Gasteiger charge is -2.26. The Morgan fingerprint density at radius 2 is 1.77 bits per heavy atom. The molecule has 1 amide bonds. The first kappa shape index (κ1) is 22.6. The normalized spacial score (nSPS) is 15.0. The number of piperidine rings is 1. The summed E-state index contributed by atoms with van der Waals surface area (Å²) in [4.78, 5) is 14.6. The third kappa shape index (κ3) is 5.14. The molecular formula is C22H27ClN2O4S. The highest BCUT2D eigenvalue weighted by Crippen LogP contribution is 2.26. The molecule has 1 saturated heterocycles. The van der Waals surface area contributed by atoms with E-state index in [1.165, 1.54) is 27.4 Å². The monoisotopic (exact) mass is 450 g/mol. The van der Waals surface area contributed by atoms with Gasteiger partial charge in [-0.3, -0.25) is 4.79 Å². The average Bonchev–Trinajstić information content (AvgIpc) is 2.75. The van der Waals surface area contributed by atoms with Gasteiger partial charge in [0.2, 0.25) is 10.0 Å². The fraction of sp³-hybridized carbons (Fsp3) is 0.409. The predicted octanol–water partition coefficient (Wildman–Crippen LogP) is 4.19. The Bertz CT molecular complexity index is 987. The Hall–Kier alpha value is -2.09. The van der Waals surface area contributed by atoms with E-state index in [0.717, 1.165) is 30.6 Å². The standard InChI is InChI=1S/C22H27ClN2O4S/c1-3-29-18-9-7-17(8-10-18)16-24(2)22(26)20-15-19(11-12-21(20)23)30(27,28)25-13-5-4-6-14-25/h7-12,15H,3-6,13-14,16H2,1-2H3. The minimum Gasteiger partial charge on any atom is -0.494 e. The van der Waals surface area contributed by atoms with Crippen LogP contribution in [0.15, 0.2) is 47.4 Å². The maximum atomic E-state index is 13.0. The molecule has 8 heteroatoms. The van der Waals surface area contributed by atoms with Gasteiger partial charge in [0, 0.05) is 26.7 Å². The summed E-state index contributed by atoms with van der Waals surface area (Å²) in [7, 11) is -1.97. The zero-order chi connectivity index (χ0) is 21.7. The van der Waals surface area contributed by atoms with Gasteiger partial charge in [-0.15, -0.1) is 0 Å². The molecule has 0 radical (unpaired) electrons. The van der Waals surface area contributed by atoms with Crippen LogP contribution in [-0.4, -0.2) is 50.3 Å². The number of sulfonamides is 1. The molecule has 3 rings (SSSR count). The summed E-state index contributed by atoms with van der Waals surface area (Å²) < 4.78 is 32.8. The van der Waals surface area contributed by atoms with Crippen LogP contribution in [0, 0.1) is 0 Å². The Kier molecular flexibility index (Phi) is 7.39. The fourth-order valence-corrected chi connectivity index (χ4v) is 5.23. The van der Waals surface area contributed by atoms with Crippen LogP contribution in [0.5, 0.6) is 5.75 Å². The maximum absolute atomic E-state index is 13.0. The van der Waals surface area contributed by atoms with Crippen LogP contribution in [-0.2, 0) is 16.6 Å². The number of hydrogen-bond acceptors (Lipinski definition) is 4. The Morgan fingerprint density at radius 1 is 1.10 bits per heavy atom. The minimum absolute atomic E-state index is 0.103. The van der Waals surface area contributed by atoms with Crippen molar-refractivity contribution in [3.8, 4) is 5.75 Å². The van der Waals surface area contributed by atoms with E-state index in [-0.39, 0.29) is 21.4 Å². The average molecular weight is 451 g/mol. The number of hydrogen-bond donors (Lipinski definition) is 0. The zero-order valence-electron chi connectivity index (χ0n) is 17.3. The van der Waals surface area contributed by atoms with Gasteiger partial charge in [0.15, 0.2) is 0 Å². The number of rotatable bonds is 7. The maximum Gasteiger partial charge on any atom is 0.255 e. The van der Waals surface area contributed by atoms with Gasteiger partial charge >= 0.3 is 0 Å². The second-order valence-electron chi connectivity index (χ2n) is 7.34. The van der Waals surface area contributed by atoms with Crippen molar-refractivity contribution in [2.75, 3.05) is 26.7 Å². The Balaban J connectivity index is 1.78. The van der Waals surface area contributed by atoms with Crippen LogP contribution in [0.4, 0.5) is 0 Å². The molecule has 0 spiro atoms. The molecule has 30 heavy (non-hydrogen) atoms.